The third kappa shape index (κ3) is 16.1. The van der Waals surface area contributed by atoms with Crippen LogP contribution in [0.2, 0.25) is 0 Å². The Kier molecular flexibility index (Phi) is 20.7. The Balaban J connectivity index is 0. The second-order valence-electron chi connectivity index (χ2n) is 8.45. The van der Waals surface area contributed by atoms with E-state index in [1.54, 1.807) is 6.20 Å². The fourth-order valence-corrected chi connectivity index (χ4v) is 2.74. The zero-order chi connectivity index (χ0) is 27.1. The second kappa shape index (κ2) is 21.4. The fraction of sp³-hybridized carbons (Fsp3) is 0.536. The van der Waals surface area contributed by atoms with Crippen LogP contribution in [-0.4, -0.2) is 55.4 Å². The first-order chi connectivity index (χ1) is 16.8. The third-order valence-electron chi connectivity index (χ3n) is 4.15. The van der Waals surface area contributed by atoms with Crippen LogP contribution in [0.4, 0.5) is 10.2 Å². The molecule has 1 unspecified atom stereocenters. The molecule has 0 aromatic carbocycles. The zero-order valence-electron chi connectivity index (χ0n) is 22.4. The van der Waals surface area contributed by atoms with Crippen LogP contribution in [0.15, 0.2) is 31.0 Å². The summed E-state index contributed by atoms with van der Waals surface area (Å²) in [4.78, 5) is 10.6. The minimum Gasteiger partial charge on any atom is -0.340 e. The van der Waals surface area contributed by atoms with E-state index in [1.807, 2.05) is 6.07 Å². The lowest BCUT2D eigenvalue weighted by Crippen LogP contribution is -2.47. The second-order valence-corrected chi connectivity index (χ2v) is 8.45. The molecule has 1 atom stereocenters. The number of nitriles is 1. The molecule has 0 fully saturated rings. The molecule has 1 aliphatic rings. The molecule has 0 aliphatic carbocycles. The molecule has 192 valence electrons. The van der Waals surface area contributed by atoms with E-state index in [-0.39, 0.29) is 17.3 Å². The number of rotatable bonds is 9. The van der Waals surface area contributed by atoms with Crippen LogP contribution in [0.1, 0.15) is 59.4 Å². The number of allylic oxidation sites excluding steroid dienone is 2. The van der Waals surface area contributed by atoms with E-state index in [0.29, 0.717) is 0 Å². The number of fused-ring (bicyclic) bond motifs is 1. The zero-order valence-corrected chi connectivity index (χ0v) is 22.4. The molecule has 7 heteroatoms. The number of nitrogens with zero attached hydrogens (tertiary/aromatic N) is 4. The molecule has 0 bridgehead atoms. The van der Waals surface area contributed by atoms with Crippen molar-refractivity contribution < 1.29 is 4.39 Å². The Hall–Kier alpha value is -3.18. The first-order valence-electron chi connectivity index (χ1n) is 11.9. The Morgan fingerprint density at radius 2 is 1.86 bits per heavy atom. The molecular weight excluding hydrogens is 439 g/mol. The monoisotopic (exact) mass is 482 g/mol. The quantitative estimate of drug-likeness (QED) is 0.307. The molecule has 0 amide bonds. The van der Waals surface area contributed by atoms with Crippen LogP contribution >= 0.6 is 0 Å². The van der Waals surface area contributed by atoms with E-state index >= 15 is 0 Å². The number of anilines is 1. The number of likely N-dealkylation sites (N-methyl/N-ethyl adjacent to an activating group) is 2. The SMILES string of the molecule is C#C.C=CCF.CC/C=C/CNCC.CCNCC1C#Cc2cnc(C#N)nc2N1CC(C)(C)C. The molecule has 2 rings (SSSR count). The van der Waals surface area contributed by atoms with Gasteiger partial charge in [0.15, 0.2) is 0 Å². The molecule has 0 radical (unpaired) electrons. The van der Waals surface area contributed by atoms with E-state index in [1.165, 1.54) is 6.08 Å². The fourth-order valence-electron chi connectivity index (χ4n) is 2.74. The number of alkyl halides is 1. The summed E-state index contributed by atoms with van der Waals surface area (Å²) < 4.78 is 10.6. The van der Waals surface area contributed by atoms with E-state index < -0.39 is 6.67 Å². The number of hydrogen-bond donors (Lipinski definition) is 2. The highest BCUT2D eigenvalue weighted by molar-refractivity contribution is 5.61. The standard InChI is InChI=1S/C16H21N5.C7H15N.C3H5F.C2H2/c1-5-18-10-13-7-6-12-9-19-14(8-17)20-15(12)21(13)11-16(2,3)4;1-3-5-6-7-8-4-2;1-2-3-4;1-2/h9,13,18H,5,10-11H2,1-4H3;5-6,8H,3-4,7H2,1-2H3;2H,1,3H2;1-2H/b;6-5+;;. The topological polar surface area (TPSA) is 76.9 Å². The molecule has 2 N–H and O–H groups in total. The molecule has 0 saturated carbocycles. The van der Waals surface area contributed by atoms with Crippen molar-refractivity contribution in [3.63, 3.8) is 0 Å². The minimum atomic E-state index is -0.417. The summed E-state index contributed by atoms with van der Waals surface area (Å²) in [7, 11) is 0. The normalized spacial score (nSPS) is 13.3. The maximum absolute atomic E-state index is 10.6. The van der Waals surface area contributed by atoms with Gasteiger partial charge < -0.3 is 15.5 Å². The molecule has 2 heterocycles. The smallest absolute Gasteiger partial charge is 0.234 e. The van der Waals surface area contributed by atoms with Crippen molar-refractivity contribution in [2.75, 3.05) is 44.3 Å². The lowest BCUT2D eigenvalue weighted by atomic mass is 9.94. The summed E-state index contributed by atoms with van der Waals surface area (Å²) in [6, 6.07) is 2.07. The number of nitrogens with one attached hydrogen (secondary N) is 2. The van der Waals surface area contributed by atoms with Gasteiger partial charge >= 0.3 is 0 Å². The first-order valence-corrected chi connectivity index (χ1v) is 11.9. The molecular formula is C28H43FN6. The van der Waals surface area contributed by atoms with Crippen LogP contribution in [-0.2, 0) is 0 Å². The number of aromatic nitrogens is 2. The van der Waals surface area contributed by atoms with Crippen LogP contribution in [0.3, 0.4) is 0 Å². The summed E-state index contributed by atoms with van der Waals surface area (Å²) >= 11 is 0. The highest BCUT2D eigenvalue weighted by atomic mass is 19.1. The predicted octanol–water partition coefficient (Wildman–Crippen LogP) is 4.50. The van der Waals surface area contributed by atoms with Gasteiger partial charge in [0, 0.05) is 25.8 Å². The van der Waals surface area contributed by atoms with Crippen molar-refractivity contribution in [3.8, 4) is 30.8 Å². The van der Waals surface area contributed by atoms with Crippen molar-refractivity contribution in [2.24, 2.45) is 5.41 Å². The van der Waals surface area contributed by atoms with Crippen molar-refractivity contribution in [2.45, 2.75) is 54.0 Å². The molecule has 1 aliphatic heterocycles. The highest BCUT2D eigenvalue weighted by Gasteiger charge is 2.28. The molecule has 0 saturated heterocycles. The van der Waals surface area contributed by atoms with Gasteiger partial charge in [0.1, 0.15) is 24.6 Å². The Morgan fingerprint density at radius 3 is 2.34 bits per heavy atom. The van der Waals surface area contributed by atoms with Gasteiger partial charge in [0.2, 0.25) is 5.82 Å². The van der Waals surface area contributed by atoms with Crippen molar-refractivity contribution in [1.82, 2.24) is 20.6 Å². The molecule has 1 aromatic rings. The van der Waals surface area contributed by atoms with Gasteiger partial charge in [-0.1, -0.05) is 71.6 Å². The summed E-state index contributed by atoms with van der Waals surface area (Å²) in [5, 5.41) is 15.6. The number of hydrogen-bond acceptors (Lipinski definition) is 6. The van der Waals surface area contributed by atoms with Crippen LogP contribution in [0.5, 0.6) is 0 Å². The lowest BCUT2D eigenvalue weighted by Gasteiger charge is -2.37. The Labute approximate surface area is 213 Å². The van der Waals surface area contributed by atoms with Crippen LogP contribution < -0.4 is 15.5 Å². The van der Waals surface area contributed by atoms with Gasteiger partial charge in [-0.2, -0.15) is 5.26 Å². The maximum Gasteiger partial charge on any atom is 0.234 e. The van der Waals surface area contributed by atoms with E-state index in [0.717, 1.165) is 50.5 Å². The Bertz CT molecular complexity index is 852. The summed E-state index contributed by atoms with van der Waals surface area (Å²) in [6.07, 6.45) is 16.3. The largest absolute Gasteiger partial charge is 0.340 e. The first kappa shape index (κ1) is 34.0. The van der Waals surface area contributed by atoms with E-state index in [9.17, 15) is 4.39 Å². The third-order valence-corrected chi connectivity index (χ3v) is 4.15. The molecule has 1 aromatic heterocycles. The summed E-state index contributed by atoms with van der Waals surface area (Å²) in [5.74, 6) is 7.36. The Morgan fingerprint density at radius 1 is 1.23 bits per heavy atom. The molecule has 35 heavy (non-hydrogen) atoms. The number of terminal acetylenes is 1. The van der Waals surface area contributed by atoms with Crippen molar-refractivity contribution >= 4 is 5.82 Å². The van der Waals surface area contributed by atoms with Gasteiger partial charge in [0.05, 0.1) is 5.56 Å². The minimum absolute atomic E-state index is 0.0677. The summed E-state index contributed by atoms with van der Waals surface area (Å²) in [6.45, 7) is 20.2. The predicted molar refractivity (Wildman–Crippen MR) is 147 cm³/mol. The van der Waals surface area contributed by atoms with E-state index in [2.05, 4.69) is 110 Å². The molecule has 6 nitrogen and oxygen atoms in total. The summed E-state index contributed by atoms with van der Waals surface area (Å²) in [5.41, 5.74) is 0.907. The average Bonchev–Trinajstić information content (AvgIpc) is 2.87. The van der Waals surface area contributed by atoms with Gasteiger partial charge in [-0.25, -0.2) is 14.4 Å². The van der Waals surface area contributed by atoms with Gasteiger partial charge in [-0.3, -0.25) is 0 Å². The van der Waals surface area contributed by atoms with Gasteiger partial charge in [-0.15, -0.1) is 19.4 Å². The number of halogens is 1. The van der Waals surface area contributed by atoms with Crippen LogP contribution in [0, 0.1) is 41.4 Å². The van der Waals surface area contributed by atoms with Crippen molar-refractivity contribution in [3.05, 3.63) is 42.4 Å². The van der Waals surface area contributed by atoms with Gasteiger partial charge in [-0.05, 0) is 24.9 Å². The molecule has 0 spiro atoms. The lowest BCUT2D eigenvalue weighted by molar-refractivity contribution is 0.396. The van der Waals surface area contributed by atoms with E-state index in [4.69, 9.17) is 5.26 Å². The van der Waals surface area contributed by atoms with Crippen molar-refractivity contribution in [1.29, 1.82) is 5.26 Å². The highest BCUT2D eigenvalue weighted by Crippen LogP contribution is 2.27. The van der Waals surface area contributed by atoms with Gasteiger partial charge in [0.25, 0.3) is 0 Å². The maximum atomic E-state index is 10.6. The average molecular weight is 483 g/mol. The van der Waals surface area contributed by atoms with Crippen LogP contribution in [0.25, 0.3) is 0 Å².